The van der Waals surface area contributed by atoms with Gasteiger partial charge in [-0.25, -0.2) is 0 Å². The Morgan fingerprint density at radius 1 is 1.25 bits per heavy atom. The van der Waals surface area contributed by atoms with E-state index < -0.39 is 10.8 Å². The fourth-order valence-corrected chi connectivity index (χ4v) is 4.89. The van der Waals surface area contributed by atoms with Gasteiger partial charge in [-0.05, 0) is 43.0 Å². The number of nitrogens with one attached hydrogen (secondary N) is 1. The summed E-state index contributed by atoms with van der Waals surface area (Å²) in [4.78, 5) is 0. The van der Waals surface area contributed by atoms with Crippen molar-refractivity contribution in [3.05, 3.63) is 52.9 Å². The van der Waals surface area contributed by atoms with E-state index in [0.29, 0.717) is 0 Å². The summed E-state index contributed by atoms with van der Waals surface area (Å²) in [5, 5.41) is 5.32. The Bertz CT molecular complexity index is 548. The van der Waals surface area contributed by atoms with Gasteiger partial charge in [-0.2, -0.15) is 0 Å². The van der Waals surface area contributed by atoms with Gasteiger partial charge < -0.3 is 5.32 Å². The van der Waals surface area contributed by atoms with Crippen LogP contribution in [-0.2, 0) is 17.2 Å². The molecular formula is C16H21NOS2. The van der Waals surface area contributed by atoms with Crippen LogP contribution in [0.15, 0.2) is 46.0 Å². The van der Waals surface area contributed by atoms with Gasteiger partial charge in [0, 0.05) is 6.04 Å². The Kier molecular flexibility index (Phi) is 5.52. The van der Waals surface area contributed by atoms with E-state index in [1.807, 2.05) is 31.5 Å². The quantitative estimate of drug-likeness (QED) is 0.880. The van der Waals surface area contributed by atoms with Crippen LogP contribution in [0.4, 0.5) is 0 Å². The molecule has 108 valence electrons. The van der Waals surface area contributed by atoms with Gasteiger partial charge in [0.05, 0.1) is 20.3 Å². The van der Waals surface area contributed by atoms with Gasteiger partial charge in [0.15, 0.2) is 0 Å². The topological polar surface area (TPSA) is 29.1 Å². The fraction of sp³-hybridized carbons (Fsp3) is 0.375. The average Bonchev–Trinajstić information content (AvgIpc) is 3.02. The van der Waals surface area contributed by atoms with Gasteiger partial charge in [-0.1, -0.05) is 37.3 Å². The molecule has 1 aromatic heterocycles. The predicted molar refractivity (Wildman–Crippen MR) is 87.8 cm³/mol. The number of rotatable bonds is 6. The third-order valence-electron chi connectivity index (χ3n) is 3.56. The number of thiophene rings is 1. The third kappa shape index (κ3) is 3.37. The van der Waals surface area contributed by atoms with Crippen molar-refractivity contribution in [1.82, 2.24) is 5.32 Å². The Labute approximate surface area is 127 Å². The highest BCUT2D eigenvalue weighted by molar-refractivity contribution is 7.87. The first-order valence-electron chi connectivity index (χ1n) is 6.87. The molecule has 20 heavy (non-hydrogen) atoms. The standard InChI is InChI=1S/C16H21NOS2/c1-4-13-7-9-14(10-8-13)16(17-3)12(2)20(18)15-6-5-11-19-15/h5-12,16-17H,4H2,1-3H3. The molecular weight excluding hydrogens is 286 g/mol. The summed E-state index contributed by atoms with van der Waals surface area (Å²) in [7, 11) is 0.952. The highest BCUT2D eigenvalue weighted by Crippen LogP contribution is 2.26. The molecule has 2 aromatic rings. The zero-order valence-corrected chi connectivity index (χ0v) is 13.8. The lowest BCUT2D eigenvalue weighted by molar-refractivity contribution is 0.570. The second-order valence-electron chi connectivity index (χ2n) is 4.80. The molecule has 2 rings (SSSR count). The van der Waals surface area contributed by atoms with E-state index >= 15 is 0 Å². The molecule has 0 aliphatic rings. The molecule has 2 nitrogen and oxygen atoms in total. The smallest absolute Gasteiger partial charge is 0.0914 e. The van der Waals surface area contributed by atoms with Gasteiger partial charge in [0.2, 0.25) is 0 Å². The van der Waals surface area contributed by atoms with Gasteiger partial charge >= 0.3 is 0 Å². The number of hydrogen-bond donors (Lipinski definition) is 1. The van der Waals surface area contributed by atoms with E-state index in [-0.39, 0.29) is 11.3 Å². The molecule has 1 aromatic carbocycles. The first-order chi connectivity index (χ1) is 9.67. The van der Waals surface area contributed by atoms with Crippen LogP contribution in [0.25, 0.3) is 0 Å². The Morgan fingerprint density at radius 2 is 1.95 bits per heavy atom. The van der Waals surface area contributed by atoms with Crippen LogP contribution in [0.2, 0.25) is 0 Å². The van der Waals surface area contributed by atoms with E-state index in [0.717, 1.165) is 10.6 Å². The monoisotopic (exact) mass is 307 g/mol. The SMILES string of the molecule is CCc1ccc(C(NC)C(C)S(=O)c2cccs2)cc1. The van der Waals surface area contributed by atoms with Gasteiger partial charge in [-0.3, -0.25) is 4.21 Å². The zero-order valence-electron chi connectivity index (χ0n) is 12.1. The molecule has 0 aliphatic carbocycles. The highest BCUT2D eigenvalue weighted by Gasteiger charge is 2.24. The largest absolute Gasteiger partial charge is 0.312 e. The number of aryl methyl sites for hydroxylation is 1. The van der Waals surface area contributed by atoms with Crippen LogP contribution in [0, 0.1) is 0 Å². The van der Waals surface area contributed by atoms with Crippen molar-refractivity contribution in [3.63, 3.8) is 0 Å². The molecule has 4 heteroatoms. The summed E-state index contributed by atoms with van der Waals surface area (Å²) in [6.45, 7) is 4.20. The third-order valence-corrected chi connectivity index (χ3v) is 6.48. The maximum absolute atomic E-state index is 12.6. The van der Waals surface area contributed by atoms with E-state index in [9.17, 15) is 4.21 Å². The first kappa shape index (κ1) is 15.4. The minimum absolute atomic E-state index is 0.0335. The average molecular weight is 307 g/mol. The molecule has 0 saturated carbocycles. The fourth-order valence-electron chi connectivity index (χ4n) is 2.32. The molecule has 0 saturated heterocycles. The number of benzene rings is 1. The summed E-state index contributed by atoms with van der Waals surface area (Å²) in [5.41, 5.74) is 2.53. The summed E-state index contributed by atoms with van der Waals surface area (Å²) < 4.78 is 13.5. The van der Waals surface area contributed by atoms with Gasteiger partial charge in [-0.15, -0.1) is 11.3 Å². The molecule has 0 spiro atoms. The van der Waals surface area contributed by atoms with Crippen LogP contribution in [0.1, 0.15) is 31.0 Å². The second-order valence-corrected chi connectivity index (χ2v) is 7.78. The van der Waals surface area contributed by atoms with Crippen LogP contribution >= 0.6 is 11.3 Å². The predicted octanol–water partition coefficient (Wildman–Crippen LogP) is 3.77. The van der Waals surface area contributed by atoms with Gasteiger partial charge in [0.1, 0.15) is 0 Å². The maximum Gasteiger partial charge on any atom is 0.0914 e. The minimum atomic E-state index is -0.979. The van der Waals surface area contributed by atoms with Crippen molar-refractivity contribution in [2.75, 3.05) is 7.05 Å². The van der Waals surface area contributed by atoms with Crippen LogP contribution in [0.3, 0.4) is 0 Å². The lowest BCUT2D eigenvalue weighted by atomic mass is 10.0. The summed E-state index contributed by atoms with van der Waals surface area (Å²) in [5.74, 6) is 0. The maximum atomic E-state index is 12.6. The molecule has 0 bridgehead atoms. The Balaban J connectivity index is 2.20. The van der Waals surface area contributed by atoms with Crippen LogP contribution < -0.4 is 5.32 Å². The lowest BCUT2D eigenvalue weighted by Gasteiger charge is -2.23. The first-order valence-corrected chi connectivity index (χ1v) is 8.96. The number of hydrogen-bond acceptors (Lipinski definition) is 3. The van der Waals surface area contributed by atoms with Crippen molar-refractivity contribution < 1.29 is 4.21 Å². The van der Waals surface area contributed by atoms with Crippen LogP contribution in [-0.4, -0.2) is 16.5 Å². The normalized spacial score (nSPS) is 15.8. The van der Waals surface area contributed by atoms with Crippen LogP contribution in [0.5, 0.6) is 0 Å². The molecule has 1 N–H and O–H groups in total. The summed E-state index contributed by atoms with van der Waals surface area (Å²) in [6.07, 6.45) is 1.04. The molecule has 1 heterocycles. The van der Waals surface area contributed by atoms with Crippen molar-refractivity contribution in [3.8, 4) is 0 Å². The second kappa shape index (κ2) is 7.16. The van der Waals surface area contributed by atoms with E-state index in [2.05, 4.69) is 36.5 Å². The van der Waals surface area contributed by atoms with E-state index in [4.69, 9.17) is 0 Å². The molecule has 0 aliphatic heterocycles. The summed E-state index contributed by atoms with van der Waals surface area (Å²) >= 11 is 1.56. The zero-order chi connectivity index (χ0) is 14.5. The molecule has 0 radical (unpaired) electrons. The van der Waals surface area contributed by atoms with E-state index in [1.54, 1.807) is 11.3 Å². The molecule has 3 atom stereocenters. The van der Waals surface area contributed by atoms with Crippen molar-refractivity contribution >= 4 is 22.1 Å². The summed E-state index contributed by atoms with van der Waals surface area (Å²) in [6, 6.07) is 12.6. The van der Waals surface area contributed by atoms with Crippen molar-refractivity contribution in [1.29, 1.82) is 0 Å². The highest BCUT2D eigenvalue weighted by atomic mass is 32.2. The lowest BCUT2D eigenvalue weighted by Crippen LogP contribution is -2.30. The Hall–Kier alpha value is -0.970. The van der Waals surface area contributed by atoms with Crippen molar-refractivity contribution in [2.45, 2.75) is 35.8 Å². The molecule has 3 unspecified atom stereocenters. The van der Waals surface area contributed by atoms with E-state index in [1.165, 1.54) is 11.1 Å². The van der Waals surface area contributed by atoms with Gasteiger partial charge in [0.25, 0.3) is 0 Å². The molecule has 0 fully saturated rings. The van der Waals surface area contributed by atoms with Crippen molar-refractivity contribution in [2.24, 2.45) is 0 Å². The minimum Gasteiger partial charge on any atom is -0.312 e. The Morgan fingerprint density at radius 3 is 2.45 bits per heavy atom. The molecule has 0 amide bonds.